The molecule has 0 radical (unpaired) electrons. The summed E-state index contributed by atoms with van der Waals surface area (Å²) in [5.41, 5.74) is -2.82. The number of alkyl halides is 4. The number of methoxy groups -OCH3 is 1. The number of hydrogen-bond acceptors (Lipinski definition) is 6. The minimum Gasteiger partial charge on any atom is -0.432 e. The predicted octanol–water partition coefficient (Wildman–Crippen LogP) is 4.85. The summed E-state index contributed by atoms with van der Waals surface area (Å²) in [5.74, 6) is -4.16. The Kier molecular flexibility index (Phi) is 7.90. The van der Waals surface area contributed by atoms with E-state index >= 15 is 0 Å². The third-order valence-corrected chi connectivity index (χ3v) is 9.70. The zero-order chi connectivity index (χ0) is 29.6. The van der Waals surface area contributed by atoms with E-state index < -0.39 is 73.1 Å². The Bertz CT molecular complexity index is 1640. The average Bonchev–Trinajstić information content (AvgIpc) is 3.27. The van der Waals surface area contributed by atoms with Gasteiger partial charge in [-0.25, -0.2) is 38.4 Å². The van der Waals surface area contributed by atoms with Crippen LogP contribution in [0.2, 0.25) is 0 Å². The molecule has 218 valence electrons. The van der Waals surface area contributed by atoms with E-state index in [-0.39, 0.29) is 41.1 Å². The molecule has 1 aliphatic rings. The Morgan fingerprint density at radius 3 is 2.23 bits per heavy atom. The maximum Gasteiger partial charge on any atom is 0.387 e. The Morgan fingerprint density at radius 1 is 1.00 bits per heavy atom. The van der Waals surface area contributed by atoms with Crippen molar-refractivity contribution in [3.63, 3.8) is 0 Å². The number of halogens is 6. The normalized spacial score (nSPS) is 17.8. The fourth-order valence-electron chi connectivity index (χ4n) is 4.41. The number of aromatic nitrogens is 1. The average molecular weight is 613 g/mol. The first-order chi connectivity index (χ1) is 18.6. The number of nitrogens with one attached hydrogen (secondary N) is 1. The van der Waals surface area contributed by atoms with Crippen molar-refractivity contribution in [3.8, 4) is 5.75 Å². The number of rotatable bonds is 9. The molecule has 0 bridgehead atoms. The molecule has 3 aromatic rings. The van der Waals surface area contributed by atoms with Crippen molar-refractivity contribution in [2.45, 2.75) is 54.6 Å². The van der Waals surface area contributed by atoms with Crippen molar-refractivity contribution >= 4 is 25.7 Å². The van der Waals surface area contributed by atoms with Gasteiger partial charge in [-0.05, 0) is 37.5 Å². The fraction of sp³-hybridized carbons (Fsp3) is 0.333. The molecule has 1 N–H and O–H groups in total. The van der Waals surface area contributed by atoms with E-state index in [4.69, 9.17) is 4.74 Å². The van der Waals surface area contributed by atoms with Gasteiger partial charge in [-0.1, -0.05) is 17.7 Å². The first-order valence-corrected chi connectivity index (χ1v) is 14.4. The molecule has 16 heteroatoms. The van der Waals surface area contributed by atoms with Crippen LogP contribution in [-0.2, 0) is 37.6 Å². The van der Waals surface area contributed by atoms with Crippen molar-refractivity contribution in [1.29, 1.82) is 0 Å². The van der Waals surface area contributed by atoms with Gasteiger partial charge in [0.2, 0.25) is 0 Å². The lowest BCUT2D eigenvalue weighted by molar-refractivity contribution is -0.128. The van der Waals surface area contributed by atoms with Crippen molar-refractivity contribution in [2.75, 3.05) is 11.8 Å². The fourth-order valence-corrected chi connectivity index (χ4v) is 7.24. The van der Waals surface area contributed by atoms with Gasteiger partial charge in [-0.15, -0.1) is 0 Å². The van der Waals surface area contributed by atoms with Gasteiger partial charge < -0.3 is 9.47 Å². The van der Waals surface area contributed by atoms with E-state index in [0.717, 1.165) is 12.7 Å². The van der Waals surface area contributed by atoms with Crippen LogP contribution in [0, 0.1) is 18.6 Å². The molecular formula is C24H22F6N2O6S2. The Morgan fingerprint density at radius 2 is 1.65 bits per heavy atom. The van der Waals surface area contributed by atoms with Crippen molar-refractivity contribution in [2.24, 2.45) is 0 Å². The summed E-state index contributed by atoms with van der Waals surface area (Å²) in [4.78, 5) is -0.953. The summed E-state index contributed by atoms with van der Waals surface area (Å²) in [7, 11) is -8.38. The molecule has 1 heterocycles. The summed E-state index contributed by atoms with van der Waals surface area (Å²) in [6.45, 7) is -1.78. The van der Waals surface area contributed by atoms with Crippen molar-refractivity contribution in [3.05, 3.63) is 71.1 Å². The van der Waals surface area contributed by atoms with E-state index in [1.807, 2.05) is 0 Å². The van der Waals surface area contributed by atoms with Gasteiger partial charge in [0.1, 0.15) is 10.5 Å². The van der Waals surface area contributed by atoms with E-state index in [0.29, 0.717) is 10.2 Å². The highest BCUT2D eigenvalue weighted by Crippen LogP contribution is 2.41. The van der Waals surface area contributed by atoms with Gasteiger partial charge in [0.25, 0.3) is 26.5 Å². The second-order valence-corrected chi connectivity index (χ2v) is 12.5. The van der Waals surface area contributed by atoms with Gasteiger partial charge in [-0.3, -0.25) is 4.72 Å². The predicted molar refractivity (Wildman–Crippen MR) is 130 cm³/mol. The number of sulfonamides is 1. The van der Waals surface area contributed by atoms with Gasteiger partial charge in [0.05, 0.1) is 10.6 Å². The Hall–Kier alpha value is -3.24. The molecule has 2 aromatic carbocycles. The highest BCUT2D eigenvalue weighted by atomic mass is 32.2. The van der Waals surface area contributed by atoms with Crippen LogP contribution in [0.5, 0.6) is 5.75 Å². The summed E-state index contributed by atoms with van der Waals surface area (Å²) in [6, 6.07) is 5.95. The van der Waals surface area contributed by atoms with E-state index in [1.165, 1.54) is 24.3 Å². The first-order valence-electron chi connectivity index (χ1n) is 11.5. The molecule has 0 fully saturated rings. The van der Waals surface area contributed by atoms with E-state index in [9.17, 15) is 43.2 Å². The van der Waals surface area contributed by atoms with E-state index in [2.05, 4.69) is 4.74 Å². The molecule has 40 heavy (non-hydrogen) atoms. The molecular weight excluding hydrogens is 590 g/mol. The standard InChI is InChI=1S/C24H22F6N2O6S2/c1-13-3-5-14(6-4-13)40(35,36)32-12-21(15-7-8-24(37-2,22(27)28)11-19(15)32)39(33,34)31-18-9-17(26)20(10-16(18)25)38-23(29)30/h3-6,9-10,12,22-23,31H,7-8,11H2,1-2H3/t24-/m0/s1. The maximum absolute atomic E-state index is 14.5. The van der Waals surface area contributed by atoms with Crippen LogP contribution >= 0.6 is 0 Å². The van der Waals surface area contributed by atoms with Gasteiger partial charge >= 0.3 is 6.61 Å². The zero-order valence-electron chi connectivity index (χ0n) is 20.8. The van der Waals surface area contributed by atoms with Crippen molar-refractivity contribution in [1.82, 2.24) is 3.97 Å². The second kappa shape index (κ2) is 10.6. The molecule has 0 unspecified atom stereocenters. The van der Waals surface area contributed by atoms with Crippen LogP contribution in [0.15, 0.2) is 52.4 Å². The van der Waals surface area contributed by atoms with Crippen LogP contribution < -0.4 is 9.46 Å². The largest absolute Gasteiger partial charge is 0.432 e. The number of anilines is 1. The smallest absolute Gasteiger partial charge is 0.387 e. The number of fused-ring (bicyclic) bond motifs is 1. The molecule has 0 saturated heterocycles. The van der Waals surface area contributed by atoms with E-state index in [1.54, 1.807) is 11.6 Å². The van der Waals surface area contributed by atoms with Crippen LogP contribution in [-0.4, -0.2) is 46.6 Å². The quantitative estimate of drug-likeness (QED) is 0.347. The Labute approximate surface area is 225 Å². The summed E-state index contributed by atoms with van der Waals surface area (Å²) in [6.07, 6.45) is -3.78. The van der Waals surface area contributed by atoms with Gasteiger partial charge in [0.15, 0.2) is 17.4 Å². The highest BCUT2D eigenvalue weighted by Gasteiger charge is 2.47. The molecule has 8 nitrogen and oxygen atoms in total. The lowest BCUT2D eigenvalue weighted by Gasteiger charge is -2.35. The molecule has 1 atom stereocenters. The molecule has 0 saturated carbocycles. The first kappa shape index (κ1) is 29.7. The minimum atomic E-state index is -4.88. The topological polar surface area (TPSA) is 104 Å². The minimum absolute atomic E-state index is 0.143. The monoisotopic (exact) mass is 612 g/mol. The highest BCUT2D eigenvalue weighted by molar-refractivity contribution is 7.93. The van der Waals surface area contributed by atoms with Crippen LogP contribution in [0.25, 0.3) is 0 Å². The SMILES string of the molecule is CO[C@@]1(C(F)F)CCc2c(S(=O)(=O)Nc3cc(F)c(OC(F)F)cc3F)cn(S(=O)(=O)c3ccc(C)cc3)c2C1. The number of benzene rings is 2. The maximum atomic E-state index is 14.5. The summed E-state index contributed by atoms with van der Waals surface area (Å²) < 4.78 is 147. The third-order valence-electron chi connectivity index (χ3n) is 6.56. The van der Waals surface area contributed by atoms with Crippen LogP contribution in [0.3, 0.4) is 0 Å². The van der Waals surface area contributed by atoms with Crippen LogP contribution in [0.1, 0.15) is 23.2 Å². The van der Waals surface area contributed by atoms with Gasteiger partial charge in [0, 0.05) is 37.6 Å². The lowest BCUT2D eigenvalue weighted by Crippen LogP contribution is -2.45. The van der Waals surface area contributed by atoms with Crippen LogP contribution in [0.4, 0.5) is 32.0 Å². The number of hydrogen-bond donors (Lipinski definition) is 1. The van der Waals surface area contributed by atoms with Gasteiger partial charge in [-0.2, -0.15) is 8.78 Å². The van der Waals surface area contributed by atoms with Crippen molar-refractivity contribution < 1.29 is 52.7 Å². The molecule has 0 aliphatic heterocycles. The number of aryl methyl sites for hydroxylation is 1. The third kappa shape index (κ3) is 5.39. The summed E-state index contributed by atoms with van der Waals surface area (Å²) in [5, 5.41) is 0. The number of nitrogens with zero attached hydrogens (tertiary/aromatic N) is 1. The molecule has 4 rings (SSSR count). The zero-order valence-corrected chi connectivity index (χ0v) is 22.4. The Balaban J connectivity index is 1.85. The second-order valence-electron chi connectivity index (χ2n) is 9.03. The molecule has 1 aromatic heterocycles. The molecule has 0 amide bonds. The summed E-state index contributed by atoms with van der Waals surface area (Å²) >= 11 is 0. The molecule has 1 aliphatic carbocycles. The number of ether oxygens (including phenoxy) is 2. The lowest BCUT2D eigenvalue weighted by atomic mass is 9.84. The molecule has 0 spiro atoms.